The third kappa shape index (κ3) is 2.88. The number of nitrogens with zero attached hydrogens (tertiary/aromatic N) is 3. The van der Waals surface area contributed by atoms with E-state index in [1.54, 1.807) is 24.2 Å². The summed E-state index contributed by atoms with van der Waals surface area (Å²) >= 11 is 7.30. The van der Waals surface area contributed by atoms with E-state index >= 15 is 0 Å². The van der Waals surface area contributed by atoms with Gasteiger partial charge in [-0.1, -0.05) is 29.4 Å². The molecule has 0 amide bonds. The van der Waals surface area contributed by atoms with E-state index in [1.165, 1.54) is 5.56 Å². The number of benzene rings is 1. The van der Waals surface area contributed by atoms with Crippen LogP contribution in [0, 0.1) is 6.92 Å². The van der Waals surface area contributed by atoms with Crippen molar-refractivity contribution in [1.82, 2.24) is 19.9 Å². The average Bonchev–Trinajstić information content (AvgIpc) is 2.80. The summed E-state index contributed by atoms with van der Waals surface area (Å²) in [7, 11) is 0. The molecule has 0 unspecified atom stereocenters. The van der Waals surface area contributed by atoms with Gasteiger partial charge < -0.3 is 4.98 Å². The molecule has 0 atom stereocenters. The van der Waals surface area contributed by atoms with Gasteiger partial charge in [0.1, 0.15) is 5.15 Å². The zero-order valence-electron chi connectivity index (χ0n) is 10.2. The van der Waals surface area contributed by atoms with Crippen molar-refractivity contribution in [1.29, 1.82) is 0 Å². The minimum atomic E-state index is 0.410. The lowest BCUT2D eigenvalue weighted by atomic mass is 10.2. The van der Waals surface area contributed by atoms with Gasteiger partial charge in [-0.3, -0.25) is 4.98 Å². The number of rotatable bonds is 3. The van der Waals surface area contributed by atoms with E-state index in [4.69, 9.17) is 11.6 Å². The van der Waals surface area contributed by atoms with Crippen LogP contribution in [0.3, 0.4) is 0 Å². The Morgan fingerprint density at radius 1 is 1.26 bits per heavy atom. The van der Waals surface area contributed by atoms with Crippen LogP contribution >= 0.6 is 23.4 Å². The summed E-state index contributed by atoms with van der Waals surface area (Å²) < 4.78 is 0. The molecule has 4 nitrogen and oxygen atoms in total. The smallest absolute Gasteiger partial charge is 0.166 e. The van der Waals surface area contributed by atoms with E-state index in [-0.39, 0.29) is 0 Å². The highest BCUT2D eigenvalue weighted by Gasteiger charge is 2.04. The van der Waals surface area contributed by atoms with E-state index in [0.717, 1.165) is 21.9 Å². The van der Waals surface area contributed by atoms with E-state index < -0.39 is 0 Å². The fraction of sp³-hybridized carbons (Fsp3) is 0.154. The van der Waals surface area contributed by atoms with Crippen LogP contribution in [0.1, 0.15) is 11.3 Å². The van der Waals surface area contributed by atoms with Gasteiger partial charge in [-0.25, -0.2) is 9.97 Å². The Kier molecular flexibility index (Phi) is 3.40. The van der Waals surface area contributed by atoms with Gasteiger partial charge in [0.2, 0.25) is 0 Å². The quantitative estimate of drug-likeness (QED) is 0.749. The first-order valence-corrected chi connectivity index (χ1v) is 7.13. The lowest BCUT2D eigenvalue weighted by Crippen LogP contribution is -1.88. The normalized spacial score (nSPS) is 11.1. The van der Waals surface area contributed by atoms with Crippen molar-refractivity contribution in [3.8, 4) is 0 Å². The van der Waals surface area contributed by atoms with Gasteiger partial charge >= 0.3 is 0 Å². The number of H-pyrrole nitrogens is 1. The maximum atomic E-state index is 5.70. The summed E-state index contributed by atoms with van der Waals surface area (Å²) in [5, 5.41) is 1.30. The van der Waals surface area contributed by atoms with E-state index in [9.17, 15) is 0 Å². The number of aromatic nitrogens is 4. The highest BCUT2D eigenvalue weighted by Crippen LogP contribution is 2.22. The minimum Gasteiger partial charge on any atom is -0.333 e. The molecule has 0 radical (unpaired) electrons. The van der Waals surface area contributed by atoms with Crippen molar-refractivity contribution in [2.45, 2.75) is 17.8 Å². The van der Waals surface area contributed by atoms with Gasteiger partial charge in [0, 0.05) is 5.75 Å². The molecular weight excluding hydrogens is 280 g/mol. The van der Waals surface area contributed by atoms with Crippen LogP contribution in [0.2, 0.25) is 5.15 Å². The van der Waals surface area contributed by atoms with Crippen molar-refractivity contribution in [2.24, 2.45) is 0 Å². The molecule has 0 bridgehead atoms. The molecule has 1 N–H and O–H groups in total. The third-order valence-corrected chi connectivity index (χ3v) is 3.75. The largest absolute Gasteiger partial charge is 0.333 e. The van der Waals surface area contributed by atoms with Gasteiger partial charge in [0.15, 0.2) is 5.16 Å². The number of hydrogen-bond donors (Lipinski definition) is 1. The number of aromatic amines is 1. The molecule has 0 aliphatic rings. The highest BCUT2D eigenvalue weighted by atomic mass is 35.5. The van der Waals surface area contributed by atoms with Crippen LogP contribution in [0.25, 0.3) is 11.0 Å². The molecule has 0 aliphatic heterocycles. The van der Waals surface area contributed by atoms with Crippen molar-refractivity contribution >= 4 is 34.4 Å². The second kappa shape index (κ2) is 5.19. The second-order valence-electron chi connectivity index (χ2n) is 4.18. The molecule has 2 heterocycles. The van der Waals surface area contributed by atoms with Gasteiger partial charge in [-0.15, -0.1) is 0 Å². The molecule has 0 aliphatic carbocycles. The summed E-state index contributed by atoms with van der Waals surface area (Å²) in [5.74, 6) is 0.711. The molecule has 3 rings (SSSR count). The van der Waals surface area contributed by atoms with E-state index in [2.05, 4.69) is 39.0 Å². The summed E-state index contributed by atoms with van der Waals surface area (Å²) in [6, 6.07) is 6.17. The van der Waals surface area contributed by atoms with Crippen molar-refractivity contribution in [2.75, 3.05) is 0 Å². The average molecular weight is 291 g/mol. The van der Waals surface area contributed by atoms with Crippen molar-refractivity contribution in [3.63, 3.8) is 0 Å². The van der Waals surface area contributed by atoms with Gasteiger partial charge in [-0.2, -0.15) is 0 Å². The minimum absolute atomic E-state index is 0.410. The lowest BCUT2D eigenvalue weighted by Gasteiger charge is -1.97. The van der Waals surface area contributed by atoms with Gasteiger partial charge in [-0.05, 0) is 24.6 Å². The predicted octanol–water partition coefficient (Wildman–Crippen LogP) is 3.61. The monoisotopic (exact) mass is 290 g/mol. The van der Waals surface area contributed by atoms with Gasteiger partial charge in [0.05, 0.1) is 29.1 Å². The summed E-state index contributed by atoms with van der Waals surface area (Å²) in [6.45, 7) is 2.07. The third-order valence-electron chi connectivity index (χ3n) is 2.65. The maximum Gasteiger partial charge on any atom is 0.166 e. The summed E-state index contributed by atoms with van der Waals surface area (Å²) in [4.78, 5) is 16.0. The molecule has 3 aromatic rings. The first kappa shape index (κ1) is 12.4. The van der Waals surface area contributed by atoms with Crippen LogP contribution in [0.4, 0.5) is 0 Å². The Morgan fingerprint density at radius 3 is 2.95 bits per heavy atom. The Balaban J connectivity index is 1.76. The molecule has 0 saturated heterocycles. The Hall–Kier alpha value is -1.59. The number of halogens is 1. The molecule has 0 spiro atoms. The first-order chi connectivity index (χ1) is 9.20. The summed E-state index contributed by atoms with van der Waals surface area (Å²) in [5.41, 5.74) is 4.14. The lowest BCUT2D eigenvalue weighted by molar-refractivity contribution is 1.06. The number of imidazole rings is 1. The van der Waals surface area contributed by atoms with Crippen LogP contribution in [0.5, 0.6) is 0 Å². The number of nitrogens with one attached hydrogen (secondary N) is 1. The first-order valence-electron chi connectivity index (χ1n) is 5.76. The molecule has 6 heteroatoms. The zero-order valence-corrected chi connectivity index (χ0v) is 11.8. The van der Waals surface area contributed by atoms with Gasteiger partial charge in [0.25, 0.3) is 0 Å². The standard InChI is InChI=1S/C13H11ClN4S/c1-8-2-3-10-11(4-8)18-13(17-10)19-7-9-5-16-12(14)6-15-9/h2-6H,7H2,1H3,(H,17,18). The van der Waals surface area contributed by atoms with E-state index in [0.29, 0.717) is 10.9 Å². The van der Waals surface area contributed by atoms with Crippen LogP contribution in [-0.4, -0.2) is 19.9 Å². The zero-order chi connectivity index (χ0) is 13.2. The Bertz CT molecular complexity index is 708. The Labute approximate surface area is 119 Å². The number of aryl methyl sites for hydroxylation is 1. The Morgan fingerprint density at radius 2 is 2.16 bits per heavy atom. The molecule has 2 aromatic heterocycles. The van der Waals surface area contributed by atoms with Crippen molar-refractivity contribution < 1.29 is 0 Å². The number of hydrogen-bond acceptors (Lipinski definition) is 4. The molecule has 0 saturated carbocycles. The fourth-order valence-electron chi connectivity index (χ4n) is 1.72. The predicted molar refractivity (Wildman–Crippen MR) is 77.4 cm³/mol. The molecule has 1 aromatic carbocycles. The van der Waals surface area contributed by atoms with Crippen LogP contribution in [-0.2, 0) is 5.75 Å². The summed E-state index contributed by atoms with van der Waals surface area (Å²) in [6.07, 6.45) is 3.24. The molecular formula is C13H11ClN4S. The molecule has 96 valence electrons. The molecule has 0 fully saturated rings. The molecule has 19 heavy (non-hydrogen) atoms. The van der Waals surface area contributed by atoms with Crippen LogP contribution in [0.15, 0.2) is 35.7 Å². The SMILES string of the molecule is Cc1ccc2nc(SCc3cnc(Cl)cn3)[nH]c2c1. The van der Waals surface area contributed by atoms with E-state index in [1.807, 2.05) is 6.07 Å². The highest BCUT2D eigenvalue weighted by molar-refractivity contribution is 7.98. The topological polar surface area (TPSA) is 54.5 Å². The maximum absolute atomic E-state index is 5.70. The van der Waals surface area contributed by atoms with Crippen LogP contribution < -0.4 is 0 Å². The fourth-order valence-corrected chi connectivity index (χ4v) is 2.60. The van der Waals surface area contributed by atoms with Crippen molar-refractivity contribution in [3.05, 3.63) is 47.0 Å². The number of fused-ring (bicyclic) bond motifs is 1. The number of thioether (sulfide) groups is 1. The second-order valence-corrected chi connectivity index (χ2v) is 5.53.